The van der Waals surface area contributed by atoms with Gasteiger partial charge >= 0.3 is 16.5 Å². The number of nitrogens with one attached hydrogen (secondary N) is 3. The van der Waals surface area contributed by atoms with E-state index in [1.54, 1.807) is 31.4 Å². The van der Waals surface area contributed by atoms with E-state index in [4.69, 9.17) is 4.74 Å². The number of nitrogens with zero attached hydrogens (tertiary/aromatic N) is 2. The van der Waals surface area contributed by atoms with Crippen LogP contribution in [0.5, 0.6) is 5.75 Å². The summed E-state index contributed by atoms with van der Waals surface area (Å²) in [7, 11) is 2.25. The third kappa shape index (κ3) is 5.25. The lowest BCUT2D eigenvalue weighted by Gasteiger charge is -2.44. The quantitative estimate of drug-likeness (QED) is 0.581. The van der Waals surface area contributed by atoms with Crippen LogP contribution in [0, 0.1) is 0 Å². The van der Waals surface area contributed by atoms with Crippen LogP contribution in [-0.4, -0.2) is 71.8 Å². The number of quaternary nitrogens is 1. The molecular weight excluding hydrogens is 374 g/mol. The van der Waals surface area contributed by atoms with Crippen molar-refractivity contribution in [2.75, 3.05) is 40.8 Å². The van der Waals surface area contributed by atoms with Crippen LogP contribution in [0.4, 0.5) is 4.79 Å². The average Bonchev–Trinajstić information content (AvgIpc) is 2.61. The fourth-order valence-corrected chi connectivity index (χ4v) is 3.62. The Kier molecular flexibility index (Phi) is 6.88. The highest BCUT2D eigenvalue weighted by molar-refractivity contribution is 7.61. The van der Waals surface area contributed by atoms with Crippen molar-refractivity contribution >= 4 is 22.4 Å². The number of rotatable bonds is 5. The zero-order valence-corrected chi connectivity index (χ0v) is 16.2. The van der Waals surface area contributed by atoms with Crippen LogP contribution >= 0.6 is 0 Å². The molecule has 11 heteroatoms. The summed E-state index contributed by atoms with van der Waals surface area (Å²) >= 11 is 0. The van der Waals surface area contributed by atoms with Crippen molar-refractivity contribution in [3.8, 4) is 5.75 Å². The Balaban J connectivity index is 2.41. The summed E-state index contributed by atoms with van der Waals surface area (Å²) in [5.74, 6) is 0.160. The molecule has 0 bridgehead atoms. The van der Waals surface area contributed by atoms with Crippen LogP contribution in [-0.2, 0) is 15.3 Å². The summed E-state index contributed by atoms with van der Waals surface area (Å²) < 4.78 is 30.9. The number of likely N-dealkylation sites (N-methyl/N-ethyl adjacent to an activating group) is 1. The van der Waals surface area contributed by atoms with Crippen LogP contribution in [0.1, 0.15) is 11.6 Å². The maximum Gasteiger partial charge on any atom is 0.321 e. The zero-order valence-electron chi connectivity index (χ0n) is 15.4. The van der Waals surface area contributed by atoms with E-state index in [2.05, 4.69) is 20.3 Å². The van der Waals surface area contributed by atoms with Crippen molar-refractivity contribution in [3.63, 3.8) is 0 Å². The van der Waals surface area contributed by atoms with Gasteiger partial charge in [0.2, 0.25) is 0 Å². The summed E-state index contributed by atoms with van der Waals surface area (Å²) in [6.45, 7) is 1.29. The molecular formula is C16H24N5O5S+. The monoisotopic (exact) mass is 398 g/mol. The van der Waals surface area contributed by atoms with E-state index < -0.39 is 34.6 Å². The van der Waals surface area contributed by atoms with Crippen molar-refractivity contribution in [3.05, 3.63) is 29.8 Å². The van der Waals surface area contributed by atoms with E-state index in [0.717, 1.165) is 0 Å². The summed E-state index contributed by atoms with van der Waals surface area (Å²) in [6.07, 6.45) is -0.643. The smallest absolute Gasteiger partial charge is 0.321 e. The van der Waals surface area contributed by atoms with Gasteiger partial charge in [-0.25, -0.2) is 4.79 Å². The summed E-state index contributed by atoms with van der Waals surface area (Å²) in [4.78, 5) is 24.6. The molecule has 1 aromatic rings. The highest BCUT2D eigenvalue weighted by atomic mass is 32.2. The Morgan fingerprint density at radius 2 is 2.00 bits per heavy atom. The molecule has 1 fully saturated rings. The standard InChI is InChI=1S/C16H23N5O5S/c1-17-16(23)19-15(22)14(11-4-6-12(26-3)7-5-11)21(2)9-8-18-13(10-21)20-27(24)25/h4-7,13-14,18H,8-10H2,1-3H3,(H-,17,19,22,23)/p+1. The number of ether oxygens (including phenoxy) is 1. The number of carbonyl (C=O) groups is 2. The molecule has 1 aliphatic heterocycles. The first-order valence-electron chi connectivity index (χ1n) is 8.33. The fourth-order valence-electron chi connectivity index (χ4n) is 3.27. The number of imide groups is 1. The van der Waals surface area contributed by atoms with E-state index in [9.17, 15) is 18.0 Å². The summed E-state index contributed by atoms with van der Waals surface area (Å²) in [5.41, 5.74) is 0.684. The zero-order chi connectivity index (χ0) is 20.0. The number of benzene rings is 1. The maximum absolute atomic E-state index is 12.9. The molecule has 0 spiro atoms. The topological polar surface area (TPSA) is 126 Å². The lowest BCUT2D eigenvalue weighted by Crippen LogP contribution is -2.64. The van der Waals surface area contributed by atoms with Crippen molar-refractivity contribution in [1.82, 2.24) is 16.0 Å². The largest absolute Gasteiger partial charge is 0.497 e. The van der Waals surface area contributed by atoms with Gasteiger partial charge in [0.1, 0.15) is 12.3 Å². The molecule has 1 aromatic carbocycles. The molecule has 0 aromatic heterocycles. The highest BCUT2D eigenvalue weighted by Crippen LogP contribution is 2.30. The Labute approximate surface area is 159 Å². The summed E-state index contributed by atoms with van der Waals surface area (Å²) in [6, 6.07) is 5.65. The lowest BCUT2D eigenvalue weighted by atomic mass is 10.00. The van der Waals surface area contributed by atoms with Gasteiger partial charge in [-0.15, -0.1) is 4.36 Å². The van der Waals surface area contributed by atoms with Crippen molar-refractivity contribution in [2.45, 2.75) is 12.2 Å². The van der Waals surface area contributed by atoms with Gasteiger partial charge in [0.25, 0.3) is 5.91 Å². The normalized spacial score (nSPS) is 23.0. The number of amides is 3. The maximum atomic E-state index is 12.9. The molecule has 0 aliphatic carbocycles. The van der Waals surface area contributed by atoms with E-state index in [1.165, 1.54) is 7.05 Å². The first-order valence-corrected chi connectivity index (χ1v) is 9.36. The molecule has 10 nitrogen and oxygen atoms in total. The van der Waals surface area contributed by atoms with E-state index >= 15 is 0 Å². The fraction of sp³-hybridized carbons (Fsp3) is 0.500. The second-order valence-electron chi connectivity index (χ2n) is 6.42. The molecule has 1 aliphatic rings. The van der Waals surface area contributed by atoms with E-state index in [0.29, 0.717) is 24.4 Å². The molecule has 2 rings (SSSR count). The number of urea groups is 1. The third-order valence-corrected chi connectivity index (χ3v) is 5.00. The van der Waals surface area contributed by atoms with Gasteiger partial charge in [0, 0.05) is 19.2 Å². The molecule has 3 unspecified atom stereocenters. The molecule has 3 atom stereocenters. The molecule has 27 heavy (non-hydrogen) atoms. The molecule has 0 radical (unpaired) electrons. The van der Waals surface area contributed by atoms with Crippen molar-refractivity contribution in [2.24, 2.45) is 4.36 Å². The minimum absolute atomic E-state index is 0.188. The predicted molar refractivity (Wildman–Crippen MR) is 97.4 cm³/mol. The van der Waals surface area contributed by atoms with Gasteiger partial charge in [-0.05, 0) is 24.3 Å². The minimum Gasteiger partial charge on any atom is -0.497 e. The van der Waals surface area contributed by atoms with Crippen LogP contribution in [0.3, 0.4) is 0 Å². The summed E-state index contributed by atoms with van der Waals surface area (Å²) in [5, 5.41) is 7.70. The molecule has 0 saturated carbocycles. The second-order valence-corrected chi connectivity index (χ2v) is 7.07. The van der Waals surface area contributed by atoms with Gasteiger partial charge in [0.05, 0.1) is 20.7 Å². The van der Waals surface area contributed by atoms with Crippen LogP contribution in [0.25, 0.3) is 0 Å². The lowest BCUT2D eigenvalue weighted by molar-refractivity contribution is -0.934. The number of methoxy groups -OCH3 is 1. The highest BCUT2D eigenvalue weighted by Gasteiger charge is 2.44. The number of hydrogen-bond acceptors (Lipinski definition) is 7. The van der Waals surface area contributed by atoms with Gasteiger partial charge in [-0.2, -0.15) is 8.42 Å². The SMILES string of the molecule is CNC(=O)NC(=O)C(c1ccc(OC)cc1)[N+]1(C)CCNC(N=S(=O)=O)C1. The first kappa shape index (κ1) is 20.8. The Bertz CT molecular complexity index is 818. The molecule has 3 N–H and O–H groups in total. The molecule has 3 amide bonds. The average molecular weight is 398 g/mol. The predicted octanol–water partition coefficient (Wildman–Crippen LogP) is -0.369. The second kappa shape index (κ2) is 8.93. The van der Waals surface area contributed by atoms with Crippen LogP contribution in [0.15, 0.2) is 28.6 Å². The van der Waals surface area contributed by atoms with Gasteiger partial charge in [0.15, 0.2) is 12.2 Å². The molecule has 1 saturated heterocycles. The Morgan fingerprint density at radius 3 is 2.56 bits per heavy atom. The Morgan fingerprint density at radius 1 is 1.33 bits per heavy atom. The van der Waals surface area contributed by atoms with E-state index in [-0.39, 0.29) is 11.0 Å². The van der Waals surface area contributed by atoms with Crippen LogP contribution < -0.4 is 20.7 Å². The van der Waals surface area contributed by atoms with Crippen molar-refractivity contribution in [1.29, 1.82) is 0 Å². The van der Waals surface area contributed by atoms with Crippen molar-refractivity contribution < 1.29 is 27.2 Å². The van der Waals surface area contributed by atoms with E-state index in [1.807, 2.05) is 7.05 Å². The number of carbonyl (C=O) groups excluding carboxylic acids is 2. The third-order valence-electron chi connectivity index (χ3n) is 4.57. The Hall–Kier alpha value is -2.50. The molecule has 148 valence electrons. The number of hydrogen-bond donors (Lipinski definition) is 3. The minimum atomic E-state index is -2.56. The number of piperazine rings is 1. The van der Waals surface area contributed by atoms with Gasteiger partial charge in [-0.1, -0.05) is 0 Å². The van der Waals surface area contributed by atoms with Gasteiger partial charge < -0.3 is 14.5 Å². The first-order chi connectivity index (χ1) is 12.8. The van der Waals surface area contributed by atoms with Gasteiger partial charge in [-0.3, -0.25) is 15.4 Å². The van der Waals surface area contributed by atoms with Crippen LogP contribution in [0.2, 0.25) is 0 Å². The molecule has 1 heterocycles.